The number of piperazine rings is 1. The Balaban J connectivity index is 1.67. The van der Waals surface area contributed by atoms with Crippen molar-refractivity contribution >= 4 is 21.8 Å². The highest BCUT2D eigenvalue weighted by atomic mass is 32.2. The number of rotatable bonds is 10. The van der Waals surface area contributed by atoms with E-state index in [0.29, 0.717) is 26.2 Å². The van der Waals surface area contributed by atoms with Crippen molar-refractivity contribution in [1.82, 2.24) is 19.4 Å². The molecule has 33 heavy (non-hydrogen) atoms. The van der Waals surface area contributed by atoms with Crippen LogP contribution in [0, 0.1) is 11.8 Å². The Morgan fingerprint density at radius 1 is 1.09 bits per heavy atom. The summed E-state index contributed by atoms with van der Waals surface area (Å²) < 4.78 is 27.0. The van der Waals surface area contributed by atoms with Crippen LogP contribution in [-0.4, -0.2) is 86.2 Å². The summed E-state index contributed by atoms with van der Waals surface area (Å²) in [5.41, 5.74) is 0.232. The summed E-state index contributed by atoms with van der Waals surface area (Å²) in [4.78, 5) is 30.6. The van der Waals surface area contributed by atoms with Crippen molar-refractivity contribution in [3.63, 3.8) is 0 Å². The van der Waals surface area contributed by atoms with Crippen LogP contribution in [-0.2, 0) is 14.8 Å². The van der Waals surface area contributed by atoms with Gasteiger partial charge in [0.25, 0.3) is 5.91 Å². The van der Waals surface area contributed by atoms with Crippen molar-refractivity contribution in [2.24, 2.45) is 11.8 Å². The fourth-order valence-corrected chi connectivity index (χ4v) is 5.77. The summed E-state index contributed by atoms with van der Waals surface area (Å²) in [7, 11) is -3.67. The number of nitrogens with zero attached hydrogens (tertiary/aromatic N) is 3. The lowest BCUT2D eigenvalue weighted by Gasteiger charge is -2.37. The van der Waals surface area contributed by atoms with E-state index in [2.05, 4.69) is 10.2 Å². The molecule has 184 valence electrons. The molecule has 1 unspecified atom stereocenters. The molecule has 9 heteroatoms. The second-order valence-electron chi connectivity index (χ2n) is 9.38. The van der Waals surface area contributed by atoms with Gasteiger partial charge in [0, 0.05) is 51.4 Å². The lowest BCUT2D eigenvalue weighted by molar-refractivity contribution is -0.136. The first-order valence-electron chi connectivity index (χ1n) is 12.1. The third-order valence-electron chi connectivity index (χ3n) is 6.56. The number of amides is 2. The normalized spacial score (nSPS) is 18.5. The van der Waals surface area contributed by atoms with E-state index in [1.165, 1.54) is 29.3 Å². The summed E-state index contributed by atoms with van der Waals surface area (Å²) >= 11 is 0. The van der Waals surface area contributed by atoms with E-state index in [9.17, 15) is 18.0 Å². The maximum absolute atomic E-state index is 13.2. The van der Waals surface area contributed by atoms with E-state index in [1.807, 2.05) is 18.7 Å². The molecule has 1 aromatic rings. The van der Waals surface area contributed by atoms with Gasteiger partial charge in [0.05, 0.1) is 4.90 Å². The predicted molar refractivity (Wildman–Crippen MR) is 128 cm³/mol. The van der Waals surface area contributed by atoms with Gasteiger partial charge >= 0.3 is 0 Å². The van der Waals surface area contributed by atoms with Crippen LogP contribution in [0.5, 0.6) is 0 Å². The Morgan fingerprint density at radius 3 is 2.27 bits per heavy atom. The molecule has 2 fully saturated rings. The lowest BCUT2D eigenvalue weighted by atomic mass is 10.0. The standard InChI is InChI=1S/C24H38N4O4S/c1-5-28(6-2)33(31,32)21-9-7-8-20(16-21)23(29)25-22(18(3)4)24(30)27-14-12-26(13-15-27)17-19-10-11-19/h7-9,16,18-19,22H,5-6,10-15,17H2,1-4H3,(H,25,29). The molecule has 3 rings (SSSR count). The molecule has 8 nitrogen and oxygen atoms in total. The van der Waals surface area contributed by atoms with Crippen LogP contribution in [0.25, 0.3) is 0 Å². The van der Waals surface area contributed by atoms with Crippen molar-refractivity contribution in [3.05, 3.63) is 29.8 Å². The SMILES string of the molecule is CCN(CC)S(=O)(=O)c1cccc(C(=O)NC(C(=O)N2CCN(CC3CC3)CC2)C(C)C)c1. The number of nitrogens with one attached hydrogen (secondary N) is 1. The molecule has 0 spiro atoms. The third-order valence-corrected chi connectivity index (χ3v) is 8.60. The Morgan fingerprint density at radius 2 is 1.73 bits per heavy atom. The maximum Gasteiger partial charge on any atom is 0.251 e. The minimum atomic E-state index is -3.67. The summed E-state index contributed by atoms with van der Waals surface area (Å²) in [6, 6.07) is 5.37. The summed E-state index contributed by atoms with van der Waals surface area (Å²) in [5, 5.41) is 2.87. The van der Waals surface area contributed by atoms with Crippen molar-refractivity contribution in [1.29, 1.82) is 0 Å². The first kappa shape index (κ1) is 25.6. The largest absolute Gasteiger partial charge is 0.340 e. The zero-order valence-electron chi connectivity index (χ0n) is 20.3. The van der Waals surface area contributed by atoms with Gasteiger partial charge in [-0.3, -0.25) is 14.5 Å². The number of hydrogen-bond donors (Lipinski definition) is 1. The molecular weight excluding hydrogens is 440 g/mol. The number of carbonyl (C=O) groups excluding carboxylic acids is 2. The molecule has 1 heterocycles. The molecule has 1 aliphatic carbocycles. The molecule has 2 aliphatic rings. The van der Waals surface area contributed by atoms with E-state index in [0.717, 1.165) is 25.6 Å². The Labute approximate surface area is 198 Å². The van der Waals surface area contributed by atoms with Crippen LogP contribution in [0.2, 0.25) is 0 Å². The van der Waals surface area contributed by atoms with Gasteiger partial charge in [0.1, 0.15) is 6.04 Å². The first-order chi connectivity index (χ1) is 15.7. The van der Waals surface area contributed by atoms with Crippen molar-refractivity contribution in [3.8, 4) is 0 Å². The molecule has 1 saturated carbocycles. The van der Waals surface area contributed by atoms with Crippen LogP contribution < -0.4 is 5.32 Å². The minimum Gasteiger partial charge on any atom is -0.340 e. The van der Waals surface area contributed by atoms with Gasteiger partial charge in [-0.2, -0.15) is 4.31 Å². The van der Waals surface area contributed by atoms with Crippen molar-refractivity contribution in [2.75, 3.05) is 45.8 Å². The number of carbonyl (C=O) groups is 2. The predicted octanol–water partition coefficient (Wildman–Crippen LogP) is 2.03. The lowest BCUT2D eigenvalue weighted by Crippen LogP contribution is -2.56. The Bertz CT molecular complexity index is 934. The third kappa shape index (κ3) is 6.33. The Kier molecular flexibility index (Phi) is 8.53. The molecule has 0 radical (unpaired) electrons. The quantitative estimate of drug-likeness (QED) is 0.556. The molecule has 1 aliphatic heterocycles. The van der Waals surface area contributed by atoms with E-state index in [4.69, 9.17) is 0 Å². The molecule has 2 amide bonds. The zero-order chi connectivity index (χ0) is 24.2. The van der Waals surface area contributed by atoms with Crippen LogP contribution in [0.4, 0.5) is 0 Å². The summed E-state index contributed by atoms with van der Waals surface area (Å²) in [6.45, 7) is 12.3. The van der Waals surface area contributed by atoms with Crippen LogP contribution in [0.1, 0.15) is 50.9 Å². The highest BCUT2D eigenvalue weighted by Gasteiger charge is 2.33. The van der Waals surface area contributed by atoms with E-state index >= 15 is 0 Å². The maximum atomic E-state index is 13.2. The van der Waals surface area contributed by atoms with Gasteiger partial charge in [0.2, 0.25) is 15.9 Å². The molecule has 1 saturated heterocycles. The molecular formula is C24H38N4O4S. The van der Waals surface area contributed by atoms with Crippen LogP contribution in [0.15, 0.2) is 29.2 Å². The summed E-state index contributed by atoms with van der Waals surface area (Å²) in [5.74, 6) is 0.229. The van der Waals surface area contributed by atoms with Crippen LogP contribution >= 0.6 is 0 Å². The van der Waals surface area contributed by atoms with Gasteiger partial charge in [-0.25, -0.2) is 8.42 Å². The molecule has 0 bridgehead atoms. The number of hydrogen-bond acceptors (Lipinski definition) is 5. The van der Waals surface area contributed by atoms with Crippen molar-refractivity contribution < 1.29 is 18.0 Å². The summed E-state index contributed by atoms with van der Waals surface area (Å²) in [6.07, 6.45) is 2.63. The second-order valence-corrected chi connectivity index (χ2v) is 11.3. The fraction of sp³-hybridized carbons (Fsp3) is 0.667. The average molecular weight is 479 g/mol. The fourth-order valence-electron chi connectivity index (χ4n) is 4.26. The van der Waals surface area contributed by atoms with Gasteiger partial charge in [-0.1, -0.05) is 33.8 Å². The molecule has 1 atom stereocenters. The van der Waals surface area contributed by atoms with Gasteiger partial charge in [-0.15, -0.1) is 0 Å². The van der Waals surface area contributed by atoms with Gasteiger partial charge in [-0.05, 0) is 42.9 Å². The smallest absolute Gasteiger partial charge is 0.251 e. The highest BCUT2D eigenvalue weighted by Crippen LogP contribution is 2.30. The topological polar surface area (TPSA) is 90.0 Å². The second kappa shape index (κ2) is 11.0. The minimum absolute atomic E-state index is 0.0728. The van der Waals surface area contributed by atoms with Gasteiger partial charge in [0.15, 0.2) is 0 Å². The Hall–Kier alpha value is -1.97. The zero-order valence-corrected chi connectivity index (χ0v) is 21.1. The van der Waals surface area contributed by atoms with Crippen LogP contribution in [0.3, 0.4) is 0 Å². The van der Waals surface area contributed by atoms with E-state index < -0.39 is 22.0 Å². The van der Waals surface area contributed by atoms with E-state index in [1.54, 1.807) is 26.0 Å². The first-order valence-corrected chi connectivity index (χ1v) is 13.5. The monoisotopic (exact) mass is 478 g/mol. The molecule has 1 N–H and O–H groups in total. The number of sulfonamides is 1. The average Bonchev–Trinajstić information content (AvgIpc) is 3.62. The molecule has 0 aromatic heterocycles. The van der Waals surface area contributed by atoms with E-state index in [-0.39, 0.29) is 22.3 Å². The molecule has 1 aromatic carbocycles. The van der Waals surface area contributed by atoms with Crippen molar-refractivity contribution in [2.45, 2.75) is 51.5 Å². The number of benzene rings is 1. The highest BCUT2D eigenvalue weighted by molar-refractivity contribution is 7.89. The van der Waals surface area contributed by atoms with Gasteiger partial charge < -0.3 is 10.2 Å².